The largest absolute Gasteiger partial charge is 0.497 e. The fraction of sp³-hybridized carbons (Fsp3) is 0.417. The van der Waals surface area contributed by atoms with E-state index in [4.69, 9.17) is 9.47 Å². The molecule has 1 aromatic rings. The van der Waals surface area contributed by atoms with Gasteiger partial charge in [0.05, 0.1) is 20.8 Å². The molecule has 0 atom stereocenters. The predicted molar refractivity (Wildman–Crippen MR) is 68.2 cm³/mol. The van der Waals surface area contributed by atoms with Crippen LogP contribution in [-0.2, 0) is 4.74 Å². The van der Waals surface area contributed by atoms with E-state index >= 15 is 0 Å². The summed E-state index contributed by atoms with van der Waals surface area (Å²) in [6.07, 6.45) is 0.859. The summed E-state index contributed by atoms with van der Waals surface area (Å²) in [5.41, 5.74) is 0.405. The van der Waals surface area contributed by atoms with Gasteiger partial charge < -0.3 is 14.2 Å². The molecule has 94 valence electrons. The molecule has 0 saturated carbocycles. The molecule has 4 nitrogen and oxygen atoms in total. The smallest absolute Gasteiger partial charge is 0.341 e. The number of methoxy groups -OCH3 is 2. The lowest BCUT2D eigenvalue weighted by Crippen LogP contribution is -2.07. The maximum atomic E-state index is 11.5. The molecule has 0 saturated heterocycles. The fourth-order valence-electron chi connectivity index (χ4n) is 1.26. The summed E-state index contributed by atoms with van der Waals surface area (Å²) in [4.78, 5) is 11.5. The molecule has 0 radical (unpaired) electrons. The Labute approximate surface area is 109 Å². The zero-order valence-corrected chi connectivity index (χ0v) is 11.5. The number of hydrogen-bond donors (Lipinski definition) is 0. The lowest BCUT2D eigenvalue weighted by Gasteiger charge is -2.11. The SMILES string of the molecule is COC(=O)c1ccc(OC)cc1OCCCBr. The molecule has 0 aliphatic rings. The van der Waals surface area contributed by atoms with Crippen LogP contribution in [-0.4, -0.2) is 32.1 Å². The van der Waals surface area contributed by atoms with E-state index in [2.05, 4.69) is 20.7 Å². The standard InChI is InChI=1S/C12H15BrO4/c1-15-9-4-5-10(12(14)16-2)11(8-9)17-7-3-6-13/h4-5,8H,3,6-7H2,1-2H3. The summed E-state index contributed by atoms with van der Waals surface area (Å²) in [5, 5.41) is 0.852. The molecule has 17 heavy (non-hydrogen) atoms. The summed E-state index contributed by atoms with van der Waals surface area (Å²) < 4.78 is 15.3. The van der Waals surface area contributed by atoms with E-state index in [0.29, 0.717) is 23.7 Å². The Hall–Kier alpha value is -1.23. The average molecular weight is 303 g/mol. The summed E-state index contributed by atoms with van der Waals surface area (Å²) in [6.45, 7) is 0.530. The highest BCUT2D eigenvalue weighted by molar-refractivity contribution is 9.09. The third-order valence-electron chi connectivity index (χ3n) is 2.13. The molecule has 1 rings (SSSR count). The second-order valence-electron chi connectivity index (χ2n) is 3.24. The number of benzene rings is 1. The number of ether oxygens (including phenoxy) is 3. The summed E-state index contributed by atoms with van der Waals surface area (Å²) >= 11 is 3.32. The van der Waals surface area contributed by atoms with Crippen LogP contribution < -0.4 is 9.47 Å². The number of carbonyl (C=O) groups excluding carboxylic acids is 1. The maximum Gasteiger partial charge on any atom is 0.341 e. The van der Waals surface area contributed by atoms with Gasteiger partial charge in [0.1, 0.15) is 17.1 Å². The monoisotopic (exact) mass is 302 g/mol. The molecular weight excluding hydrogens is 288 g/mol. The van der Waals surface area contributed by atoms with Crippen LogP contribution in [0.25, 0.3) is 0 Å². The van der Waals surface area contributed by atoms with Crippen molar-refractivity contribution >= 4 is 21.9 Å². The van der Waals surface area contributed by atoms with Crippen LogP contribution in [0, 0.1) is 0 Å². The minimum atomic E-state index is -0.415. The van der Waals surface area contributed by atoms with E-state index in [-0.39, 0.29) is 0 Å². The van der Waals surface area contributed by atoms with Gasteiger partial charge in [-0.2, -0.15) is 0 Å². The minimum Gasteiger partial charge on any atom is -0.497 e. The molecule has 0 spiro atoms. The van der Waals surface area contributed by atoms with Gasteiger partial charge >= 0.3 is 5.97 Å². The number of esters is 1. The van der Waals surface area contributed by atoms with Crippen LogP contribution in [0.4, 0.5) is 0 Å². The maximum absolute atomic E-state index is 11.5. The molecule has 0 aliphatic carbocycles. The van der Waals surface area contributed by atoms with Crippen molar-refractivity contribution in [3.05, 3.63) is 23.8 Å². The third-order valence-corrected chi connectivity index (χ3v) is 2.69. The Bertz CT molecular complexity index is 379. The highest BCUT2D eigenvalue weighted by Gasteiger charge is 2.13. The summed E-state index contributed by atoms with van der Waals surface area (Å²) in [7, 11) is 2.91. The van der Waals surface area contributed by atoms with Gasteiger partial charge in [-0.05, 0) is 18.6 Å². The van der Waals surface area contributed by atoms with Crippen molar-refractivity contribution in [2.75, 3.05) is 26.2 Å². The van der Waals surface area contributed by atoms with Crippen LogP contribution in [0.2, 0.25) is 0 Å². The quantitative estimate of drug-likeness (QED) is 0.460. The molecule has 0 heterocycles. The lowest BCUT2D eigenvalue weighted by molar-refractivity contribution is 0.0596. The Morgan fingerprint density at radius 2 is 2.12 bits per heavy atom. The number of hydrogen-bond acceptors (Lipinski definition) is 4. The summed E-state index contributed by atoms with van der Waals surface area (Å²) in [5.74, 6) is 0.713. The second kappa shape index (κ2) is 7.17. The van der Waals surface area contributed by atoms with Gasteiger partial charge in [0.25, 0.3) is 0 Å². The van der Waals surface area contributed by atoms with Crippen molar-refractivity contribution < 1.29 is 19.0 Å². The van der Waals surface area contributed by atoms with Crippen LogP contribution in [0.1, 0.15) is 16.8 Å². The first-order chi connectivity index (χ1) is 8.22. The topological polar surface area (TPSA) is 44.8 Å². The van der Waals surface area contributed by atoms with Crippen molar-refractivity contribution in [1.29, 1.82) is 0 Å². The van der Waals surface area contributed by atoms with E-state index in [9.17, 15) is 4.79 Å². The van der Waals surface area contributed by atoms with Crippen molar-refractivity contribution in [3.63, 3.8) is 0 Å². The highest BCUT2D eigenvalue weighted by Crippen LogP contribution is 2.25. The van der Waals surface area contributed by atoms with Gasteiger partial charge in [0.15, 0.2) is 0 Å². The van der Waals surface area contributed by atoms with Gasteiger partial charge in [-0.15, -0.1) is 0 Å². The van der Waals surface area contributed by atoms with Crippen molar-refractivity contribution in [2.24, 2.45) is 0 Å². The van der Waals surface area contributed by atoms with Crippen molar-refractivity contribution in [2.45, 2.75) is 6.42 Å². The zero-order chi connectivity index (χ0) is 12.7. The van der Waals surface area contributed by atoms with E-state index in [1.54, 1.807) is 25.3 Å². The summed E-state index contributed by atoms with van der Waals surface area (Å²) in [6, 6.07) is 5.01. The van der Waals surface area contributed by atoms with Crippen molar-refractivity contribution in [3.8, 4) is 11.5 Å². The third kappa shape index (κ3) is 3.93. The van der Waals surface area contributed by atoms with Crippen molar-refractivity contribution in [1.82, 2.24) is 0 Å². The second-order valence-corrected chi connectivity index (χ2v) is 4.04. The normalized spacial score (nSPS) is 9.82. The van der Waals surface area contributed by atoms with Crippen LogP contribution in [0.15, 0.2) is 18.2 Å². The molecular formula is C12H15BrO4. The first-order valence-corrected chi connectivity index (χ1v) is 6.30. The number of carbonyl (C=O) groups is 1. The van der Waals surface area contributed by atoms with Gasteiger partial charge in [-0.25, -0.2) is 4.79 Å². The number of halogens is 1. The molecule has 0 N–H and O–H groups in total. The van der Waals surface area contributed by atoms with Crippen LogP contribution >= 0.6 is 15.9 Å². The number of alkyl halides is 1. The first-order valence-electron chi connectivity index (χ1n) is 5.18. The molecule has 0 aliphatic heterocycles. The Kier molecular flexibility index (Phi) is 5.83. The van der Waals surface area contributed by atoms with Crippen LogP contribution in [0.3, 0.4) is 0 Å². The van der Waals surface area contributed by atoms with Gasteiger partial charge in [-0.3, -0.25) is 0 Å². The Balaban J connectivity index is 2.90. The molecule has 1 aromatic carbocycles. The highest BCUT2D eigenvalue weighted by atomic mass is 79.9. The Morgan fingerprint density at radius 3 is 2.71 bits per heavy atom. The minimum absolute atomic E-state index is 0.405. The molecule has 5 heteroatoms. The molecule has 0 bridgehead atoms. The molecule has 0 amide bonds. The molecule has 0 aromatic heterocycles. The number of rotatable bonds is 6. The fourth-order valence-corrected chi connectivity index (χ4v) is 1.49. The zero-order valence-electron chi connectivity index (χ0n) is 9.86. The van der Waals surface area contributed by atoms with Crippen LogP contribution in [0.5, 0.6) is 11.5 Å². The van der Waals surface area contributed by atoms with E-state index in [1.165, 1.54) is 7.11 Å². The van der Waals surface area contributed by atoms with E-state index in [1.807, 2.05) is 0 Å². The Morgan fingerprint density at radius 1 is 1.35 bits per heavy atom. The predicted octanol–water partition coefficient (Wildman–Crippen LogP) is 2.65. The van der Waals surface area contributed by atoms with Gasteiger partial charge in [-0.1, -0.05) is 15.9 Å². The molecule has 0 unspecified atom stereocenters. The molecule has 0 fully saturated rings. The lowest BCUT2D eigenvalue weighted by atomic mass is 10.2. The van der Waals surface area contributed by atoms with Gasteiger partial charge in [0.2, 0.25) is 0 Å². The van der Waals surface area contributed by atoms with E-state index < -0.39 is 5.97 Å². The first kappa shape index (κ1) is 13.8. The van der Waals surface area contributed by atoms with E-state index in [0.717, 1.165) is 11.8 Å². The average Bonchev–Trinajstić information content (AvgIpc) is 2.38. The van der Waals surface area contributed by atoms with Gasteiger partial charge in [0, 0.05) is 11.4 Å².